The first-order valence-corrected chi connectivity index (χ1v) is 4.70. The van der Waals surface area contributed by atoms with Crippen LogP contribution in [0.4, 0.5) is 0 Å². The average Bonchev–Trinajstić information content (AvgIpc) is 2.73. The van der Waals surface area contributed by atoms with Crippen molar-refractivity contribution < 1.29 is 19.4 Å². The first kappa shape index (κ1) is 9.64. The molecule has 0 atom stereocenters. The van der Waals surface area contributed by atoms with E-state index in [2.05, 4.69) is 10.2 Å². The van der Waals surface area contributed by atoms with E-state index in [1.807, 2.05) is 0 Å². The van der Waals surface area contributed by atoms with Gasteiger partial charge in [-0.25, -0.2) is 0 Å². The quantitative estimate of drug-likeness (QED) is 0.678. The monoisotopic (exact) mass is 233 g/mol. The van der Waals surface area contributed by atoms with Gasteiger partial charge in [-0.05, 0) is 6.07 Å². The predicted octanol–water partition coefficient (Wildman–Crippen LogP) is -0.985. The topological polar surface area (TPSA) is 104 Å². The van der Waals surface area contributed by atoms with Crippen molar-refractivity contribution in [2.45, 2.75) is 0 Å². The molecule has 1 aliphatic rings. The second-order valence-electron chi connectivity index (χ2n) is 3.44. The molecule has 0 aliphatic carbocycles. The molecule has 1 aliphatic heterocycles. The summed E-state index contributed by atoms with van der Waals surface area (Å²) in [6.45, 7) is 0.0701. The Morgan fingerprint density at radius 3 is 2.76 bits per heavy atom. The Kier molecular flexibility index (Phi) is 1.82. The third-order valence-electron chi connectivity index (χ3n) is 2.45. The van der Waals surface area contributed by atoms with Crippen molar-refractivity contribution in [3.8, 4) is 11.5 Å². The Balaban J connectivity index is 2.37. The van der Waals surface area contributed by atoms with E-state index in [0.29, 0.717) is 17.0 Å². The SMILES string of the molecule is O=C([O-])c1n[nH]c2cc3c(cc2c1=O)OCO3. The van der Waals surface area contributed by atoms with Gasteiger partial charge >= 0.3 is 0 Å². The number of rotatable bonds is 1. The molecule has 1 aromatic heterocycles. The van der Waals surface area contributed by atoms with Gasteiger partial charge in [0.2, 0.25) is 12.2 Å². The number of aromatic carboxylic acids is 1. The number of aromatic amines is 1. The molecule has 1 aromatic carbocycles. The van der Waals surface area contributed by atoms with Gasteiger partial charge in [-0.2, -0.15) is 5.10 Å². The van der Waals surface area contributed by atoms with Crippen molar-refractivity contribution >= 4 is 16.9 Å². The molecule has 0 bridgehead atoms. The van der Waals surface area contributed by atoms with Gasteiger partial charge in [0.1, 0.15) is 0 Å². The van der Waals surface area contributed by atoms with Crippen LogP contribution >= 0.6 is 0 Å². The van der Waals surface area contributed by atoms with E-state index in [4.69, 9.17) is 9.47 Å². The van der Waals surface area contributed by atoms with Crippen LogP contribution in [0.1, 0.15) is 10.5 Å². The lowest BCUT2D eigenvalue weighted by molar-refractivity contribution is -0.255. The highest BCUT2D eigenvalue weighted by Gasteiger charge is 2.17. The molecular weight excluding hydrogens is 228 g/mol. The lowest BCUT2D eigenvalue weighted by atomic mass is 10.2. The predicted molar refractivity (Wildman–Crippen MR) is 52.8 cm³/mol. The minimum Gasteiger partial charge on any atom is -0.543 e. The zero-order valence-corrected chi connectivity index (χ0v) is 8.35. The molecule has 0 fully saturated rings. The lowest BCUT2D eigenvalue weighted by Gasteiger charge is -2.03. The summed E-state index contributed by atoms with van der Waals surface area (Å²) in [5.41, 5.74) is -0.988. The number of carboxylic acids is 1. The summed E-state index contributed by atoms with van der Waals surface area (Å²) >= 11 is 0. The van der Waals surface area contributed by atoms with Crippen LogP contribution in [0.5, 0.6) is 11.5 Å². The minimum absolute atomic E-state index is 0.0701. The highest BCUT2D eigenvalue weighted by Crippen LogP contribution is 2.34. The molecule has 7 heteroatoms. The summed E-state index contributed by atoms with van der Waals surface area (Å²) in [7, 11) is 0. The van der Waals surface area contributed by atoms with Crippen molar-refractivity contribution in [2.24, 2.45) is 0 Å². The molecule has 0 spiro atoms. The summed E-state index contributed by atoms with van der Waals surface area (Å²) in [5, 5.41) is 16.7. The van der Waals surface area contributed by atoms with Crippen molar-refractivity contribution in [1.82, 2.24) is 10.2 Å². The number of nitrogens with one attached hydrogen (secondary N) is 1. The number of benzene rings is 1. The zero-order valence-electron chi connectivity index (χ0n) is 8.35. The summed E-state index contributed by atoms with van der Waals surface area (Å²) in [4.78, 5) is 22.4. The van der Waals surface area contributed by atoms with E-state index in [1.165, 1.54) is 12.1 Å². The van der Waals surface area contributed by atoms with Crippen LogP contribution in [0.25, 0.3) is 10.9 Å². The molecule has 0 unspecified atom stereocenters. The first-order chi connectivity index (χ1) is 8.16. The number of aromatic nitrogens is 2. The highest BCUT2D eigenvalue weighted by atomic mass is 16.7. The van der Waals surface area contributed by atoms with Gasteiger partial charge in [0.15, 0.2) is 17.2 Å². The van der Waals surface area contributed by atoms with Crippen LogP contribution in [0.2, 0.25) is 0 Å². The molecule has 7 nitrogen and oxygen atoms in total. The van der Waals surface area contributed by atoms with Crippen LogP contribution in [-0.2, 0) is 0 Å². The number of nitrogens with zero attached hydrogens (tertiary/aromatic N) is 1. The summed E-state index contributed by atoms with van der Waals surface area (Å²) < 4.78 is 10.2. The van der Waals surface area contributed by atoms with Crippen LogP contribution < -0.4 is 20.0 Å². The van der Waals surface area contributed by atoms with Crippen molar-refractivity contribution in [2.75, 3.05) is 6.79 Å². The van der Waals surface area contributed by atoms with Crippen molar-refractivity contribution in [1.29, 1.82) is 0 Å². The first-order valence-electron chi connectivity index (χ1n) is 4.70. The minimum atomic E-state index is -1.62. The number of carboxylic acid groups (broad SMARTS) is 1. The molecule has 3 rings (SSSR count). The van der Waals surface area contributed by atoms with E-state index in [-0.39, 0.29) is 12.2 Å². The second kappa shape index (κ2) is 3.21. The lowest BCUT2D eigenvalue weighted by Crippen LogP contribution is -2.30. The van der Waals surface area contributed by atoms with Gasteiger partial charge in [0, 0.05) is 6.07 Å². The Labute approximate surface area is 93.6 Å². The fraction of sp³-hybridized carbons (Fsp3) is 0.100. The van der Waals surface area contributed by atoms with E-state index in [9.17, 15) is 14.7 Å². The normalized spacial score (nSPS) is 12.9. The maximum absolute atomic E-state index is 11.8. The fourth-order valence-corrected chi connectivity index (χ4v) is 1.66. The summed E-state index contributed by atoms with van der Waals surface area (Å²) in [6.07, 6.45) is 0. The van der Waals surface area contributed by atoms with Gasteiger partial charge in [-0.1, -0.05) is 0 Å². The molecule has 86 valence electrons. The molecule has 2 heterocycles. The summed E-state index contributed by atoms with van der Waals surface area (Å²) in [5.74, 6) is -0.736. The Hall–Kier alpha value is -2.57. The van der Waals surface area contributed by atoms with Crippen LogP contribution in [-0.4, -0.2) is 23.0 Å². The highest BCUT2D eigenvalue weighted by molar-refractivity contribution is 5.90. The Morgan fingerprint density at radius 1 is 1.35 bits per heavy atom. The maximum atomic E-state index is 11.8. The third kappa shape index (κ3) is 1.32. The third-order valence-corrected chi connectivity index (χ3v) is 2.45. The van der Waals surface area contributed by atoms with Gasteiger partial charge in [-0.15, -0.1) is 0 Å². The number of hydrogen-bond acceptors (Lipinski definition) is 6. The van der Waals surface area contributed by atoms with Crippen LogP contribution in [0.3, 0.4) is 0 Å². The maximum Gasteiger partial charge on any atom is 0.231 e. The largest absolute Gasteiger partial charge is 0.543 e. The zero-order chi connectivity index (χ0) is 12.0. The molecule has 0 amide bonds. The van der Waals surface area contributed by atoms with Gasteiger partial charge in [-0.3, -0.25) is 9.89 Å². The number of carbonyl (C=O) groups excluding carboxylic acids is 1. The van der Waals surface area contributed by atoms with Gasteiger partial charge in [0.05, 0.1) is 16.9 Å². The number of fused-ring (bicyclic) bond motifs is 2. The molecule has 1 N–H and O–H groups in total. The van der Waals surface area contributed by atoms with Gasteiger partial charge < -0.3 is 19.4 Å². The average molecular weight is 233 g/mol. The standard InChI is InChI=1S/C10H6N2O5/c13-9-4-1-6-7(17-3-16-6)2-5(4)11-12-8(9)10(14)15/h1-2H,3H2,(H,11,13)(H,14,15)/p-1. The molecule has 0 saturated heterocycles. The smallest absolute Gasteiger partial charge is 0.231 e. The molecular formula is C10H5N2O5-. The van der Waals surface area contributed by atoms with Crippen molar-refractivity contribution in [3.05, 3.63) is 28.0 Å². The number of carbonyl (C=O) groups is 1. The van der Waals surface area contributed by atoms with Gasteiger partial charge in [0.25, 0.3) is 0 Å². The summed E-state index contributed by atoms with van der Waals surface area (Å²) in [6, 6.07) is 2.95. The van der Waals surface area contributed by atoms with E-state index >= 15 is 0 Å². The number of ether oxygens (including phenoxy) is 2. The van der Waals surface area contributed by atoms with Crippen LogP contribution in [0, 0.1) is 0 Å². The molecule has 2 aromatic rings. The Bertz CT molecular complexity index is 691. The number of H-pyrrole nitrogens is 1. The van der Waals surface area contributed by atoms with E-state index < -0.39 is 17.1 Å². The fourth-order valence-electron chi connectivity index (χ4n) is 1.66. The molecule has 0 radical (unpaired) electrons. The second-order valence-corrected chi connectivity index (χ2v) is 3.44. The van der Waals surface area contributed by atoms with Crippen molar-refractivity contribution in [3.63, 3.8) is 0 Å². The van der Waals surface area contributed by atoms with Crippen LogP contribution in [0.15, 0.2) is 16.9 Å². The Morgan fingerprint density at radius 2 is 2.06 bits per heavy atom. The van der Waals surface area contributed by atoms with E-state index in [0.717, 1.165) is 0 Å². The molecule has 0 saturated carbocycles. The van der Waals surface area contributed by atoms with E-state index in [1.54, 1.807) is 0 Å². The number of hydrogen-bond donors (Lipinski definition) is 1. The molecule has 17 heavy (non-hydrogen) atoms.